The van der Waals surface area contributed by atoms with Crippen molar-refractivity contribution in [3.8, 4) is 0 Å². The van der Waals surface area contributed by atoms with Gasteiger partial charge in [-0.15, -0.1) is 0 Å². The zero-order chi connectivity index (χ0) is 18.9. The lowest BCUT2D eigenvalue weighted by Gasteiger charge is -2.47. The smallest absolute Gasteiger partial charge is 0.230 e. The van der Waals surface area contributed by atoms with Crippen molar-refractivity contribution in [1.29, 1.82) is 0 Å². The quantitative estimate of drug-likeness (QED) is 0.740. The highest BCUT2D eigenvalue weighted by Crippen LogP contribution is 2.57. The predicted octanol–water partition coefficient (Wildman–Crippen LogP) is 1.45. The van der Waals surface area contributed by atoms with Crippen LogP contribution in [0.3, 0.4) is 0 Å². The highest BCUT2D eigenvalue weighted by atomic mass is 16.5. The van der Waals surface area contributed by atoms with Crippen molar-refractivity contribution in [1.82, 2.24) is 14.7 Å². The second-order valence-electron chi connectivity index (χ2n) is 9.02. The third kappa shape index (κ3) is 3.26. The predicted molar refractivity (Wildman–Crippen MR) is 101 cm³/mol. The Morgan fingerprint density at radius 1 is 1.15 bits per heavy atom. The van der Waals surface area contributed by atoms with Gasteiger partial charge < -0.3 is 14.5 Å². The van der Waals surface area contributed by atoms with Crippen LogP contribution in [0, 0.1) is 16.7 Å². The molecule has 0 aromatic carbocycles. The van der Waals surface area contributed by atoms with Crippen LogP contribution < -0.4 is 0 Å². The first-order chi connectivity index (χ1) is 12.3. The molecule has 0 aromatic heterocycles. The summed E-state index contributed by atoms with van der Waals surface area (Å²) in [6, 6.07) is 0. The van der Waals surface area contributed by atoms with Crippen molar-refractivity contribution in [2.24, 2.45) is 16.7 Å². The Balaban J connectivity index is 1.76. The normalized spacial score (nSPS) is 28.9. The number of likely N-dealkylation sites (tertiary alicyclic amines) is 3. The van der Waals surface area contributed by atoms with Gasteiger partial charge in [-0.25, -0.2) is 0 Å². The van der Waals surface area contributed by atoms with Crippen LogP contribution in [0.15, 0.2) is 0 Å². The number of hydrogen-bond acceptors (Lipinski definition) is 4. The highest BCUT2D eigenvalue weighted by Gasteiger charge is 2.64. The Bertz CT molecular complexity index is 542. The minimum atomic E-state index is -0.261. The molecule has 0 radical (unpaired) electrons. The minimum absolute atomic E-state index is 0.0111. The summed E-state index contributed by atoms with van der Waals surface area (Å²) < 4.78 is 5.27. The molecule has 3 aliphatic rings. The Hall–Kier alpha value is -1.14. The fourth-order valence-corrected chi connectivity index (χ4v) is 5.43. The maximum atomic E-state index is 13.2. The van der Waals surface area contributed by atoms with Crippen LogP contribution in [0.25, 0.3) is 0 Å². The number of nitrogens with zero attached hydrogens (tertiary/aromatic N) is 3. The minimum Gasteiger partial charge on any atom is -0.383 e. The van der Waals surface area contributed by atoms with E-state index in [1.54, 1.807) is 7.11 Å². The molecule has 1 unspecified atom stereocenters. The first-order valence-corrected chi connectivity index (χ1v) is 10.1. The molecule has 0 bridgehead atoms. The van der Waals surface area contributed by atoms with Crippen LogP contribution in [0.2, 0.25) is 0 Å². The number of methoxy groups -OCH3 is 1. The molecular formula is C20H35N3O3. The molecule has 148 valence electrons. The van der Waals surface area contributed by atoms with E-state index in [-0.39, 0.29) is 16.7 Å². The molecule has 2 amide bonds. The topological polar surface area (TPSA) is 53.1 Å². The summed E-state index contributed by atoms with van der Waals surface area (Å²) in [7, 11) is 3.67. The maximum absolute atomic E-state index is 13.2. The van der Waals surface area contributed by atoms with E-state index in [4.69, 9.17) is 4.74 Å². The van der Waals surface area contributed by atoms with Crippen molar-refractivity contribution in [3.05, 3.63) is 0 Å². The number of fused-ring (bicyclic) bond motifs is 1. The monoisotopic (exact) mass is 365 g/mol. The Morgan fingerprint density at radius 3 is 2.38 bits per heavy atom. The van der Waals surface area contributed by atoms with Gasteiger partial charge in [0.2, 0.25) is 11.8 Å². The SMILES string of the molecule is COCCN1CC2(CCN(C(=O)CC(C)C)CC2)C2(CCN(C)C2=O)C1. The number of hydrogen-bond donors (Lipinski definition) is 0. The summed E-state index contributed by atoms with van der Waals surface area (Å²) in [5.41, 5.74) is -0.250. The molecular weight excluding hydrogens is 330 g/mol. The molecule has 0 saturated carbocycles. The van der Waals surface area contributed by atoms with Crippen LogP contribution in [0.5, 0.6) is 0 Å². The van der Waals surface area contributed by atoms with E-state index in [0.717, 1.165) is 58.5 Å². The second-order valence-corrected chi connectivity index (χ2v) is 9.02. The molecule has 3 rings (SSSR count). The summed E-state index contributed by atoms with van der Waals surface area (Å²) in [6.45, 7) is 10.0. The van der Waals surface area contributed by atoms with Crippen LogP contribution in [-0.4, -0.2) is 86.5 Å². The number of rotatable bonds is 5. The van der Waals surface area contributed by atoms with Gasteiger partial charge in [0.15, 0.2) is 0 Å². The van der Waals surface area contributed by atoms with Crippen LogP contribution in [0.4, 0.5) is 0 Å². The molecule has 26 heavy (non-hydrogen) atoms. The standard InChI is InChI=1S/C20H35N3O3/c1-16(2)13-17(24)23-9-5-19(6-10-23)14-22(11-12-26-4)15-20(19)7-8-21(3)18(20)25/h16H,5-15H2,1-4H3. The highest BCUT2D eigenvalue weighted by molar-refractivity contribution is 5.86. The lowest BCUT2D eigenvalue weighted by Crippen LogP contribution is -2.53. The first kappa shape index (κ1) is 19.6. The van der Waals surface area contributed by atoms with E-state index in [0.29, 0.717) is 24.9 Å². The van der Waals surface area contributed by atoms with Gasteiger partial charge in [0.25, 0.3) is 0 Å². The van der Waals surface area contributed by atoms with E-state index in [9.17, 15) is 9.59 Å². The number of carbonyl (C=O) groups is 2. The second kappa shape index (κ2) is 7.47. The number of amides is 2. The van der Waals surface area contributed by atoms with Gasteiger partial charge in [0.1, 0.15) is 0 Å². The molecule has 0 aromatic rings. The van der Waals surface area contributed by atoms with Gasteiger partial charge in [-0.3, -0.25) is 14.5 Å². The number of carbonyl (C=O) groups excluding carboxylic acids is 2. The van der Waals surface area contributed by atoms with Crippen LogP contribution >= 0.6 is 0 Å². The van der Waals surface area contributed by atoms with Crippen molar-refractivity contribution in [2.45, 2.75) is 39.5 Å². The zero-order valence-electron chi connectivity index (χ0n) is 16.9. The van der Waals surface area contributed by atoms with E-state index in [2.05, 4.69) is 18.7 Å². The summed E-state index contributed by atoms with van der Waals surface area (Å²) in [5, 5.41) is 0. The van der Waals surface area contributed by atoms with E-state index >= 15 is 0 Å². The third-order valence-corrected chi connectivity index (χ3v) is 6.93. The number of piperidine rings is 1. The lowest BCUT2D eigenvalue weighted by atomic mass is 9.60. The number of ether oxygens (including phenoxy) is 1. The van der Waals surface area contributed by atoms with E-state index < -0.39 is 0 Å². The third-order valence-electron chi connectivity index (χ3n) is 6.93. The van der Waals surface area contributed by atoms with Crippen LogP contribution in [0.1, 0.15) is 39.5 Å². The van der Waals surface area contributed by atoms with Crippen molar-refractivity contribution >= 4 is 11.8 Å². The zero-order valence-corrected chi connectivity index (χ0v) is 16.9. The Kier molecular flexibility index (Phi) is 5.63. The van der Waals surface area contributed by atoms with Gasteiger partial charge >= 0.3 is 0 Å². The molecule has 2 spiro atoms. The van der Waals surface area contributed by atoms with Gasteiger partial charge in [-0.2, -0.15) is 0 Å². The Morgan fingerprint density at radius 2 is 1.85 bits per heavy atom. The lowest BCUT2D eigenvalue weighted by molar-refractivity contribution is -0.143. The molecule has 6 heteroatoms. The van der Waals surface area contributed by atoms with Gasteiger partial charge in [0, 0.05) is 65.3 Å². The van der Waals surface area contributed by atoms with E-state index in [1.807, 2.05) is 16.8 Å². The van der Waals surface area contributed by atoms with Gasteiger partial charge in [0.05, 0.1) is 12.0 Å². The molecule has 0 aliphatic carbocycles. The maximum Gasteiger partial charge on any atom is 0.230 e. The summed E-state index contributed by atoms with van der Waals surface area (Å²) in [4.78, 5) is 32.0. The first-order valence-electron chi connectivity index (χ1n) is 10.1. The average Bonchev–Trinajstić information content (AvgIpc) is 3.06. The summed E-state index contributed by atoms with van der Waals surface area (Å²) >= 11 is 0. The fraction of sp³-hybridized carbons (Fsp3) is 0.900. The summed E-state index contributed by atoms with van der Waals surface area (Å²) in [5.74, 6) is 0.984. The molecule has 3 aliphatic heterocycles. The van der Waals surface area contributed by atoms with Crippen molar-refractivity contribution in [2.75, 3.05) is 60.0 Å². The van der Waals surface area contributed by atoms with Crippen molar-refractivity contribution < 1.29 is 14.3 Å². The molecule has 3 fully saturated rings. The fourth-order valence-electron chi connectivity index (χ4n) is 5.43. The molecule has 6 nitrogen and oxygen atoms in total. The molecule has 3 saturated heterocycles. The largest absolute Gasteiger partial charge is 0.383 e. The van der Waals surface area contributed by atoms with Gasteiger partial charge in [-0.05, 0) is 25.2 Å². The average molecular weight is 366 g/mol. The molecule has 1 atom stereocenters. The van der Waals surface area contributed by atoms with Gasteiger partial charge in [-0.1, -0.05) is 13.8 Å². The van der Waals surface area contributed by atoms with E-state index in [1.165, 1.54) is 0 Å². The van der Waals surface area contributed by atoms with Crippen LogP contribution in [-0.2, 0) is 14.3 Å². The molecule has 0 N–H and O–H groups in total. The summed E-state index contributed by atoms with van der Waals surface area (Å²) in [6.07, 6.45) is 3.46. The van der Waals surface area contributed by atoms with Crippen molar-refractivity contribution in [3.63, 3.8) is 0 Å². The Labute approximate surface area is 157 Å². The molecule has 3 heterocycles.